The quantitative estimate of drug-likeness (QED) is 0.612. The highest BCUT2D eigenvalue weighted by Crippen LogP contribution is 2.18. The van der Waals surface area contributed by atoms with Gasteiger partial charge in [-0.2, -0.15) is 5.26 Å². The zero-order chi connectivity index (χ0) is 13.8. The molecule has 0 fully saturated rings. The number of nitrogens with zero attached hydrogens (tertiary/aromatic N) is 2. The highest BCUT2D eigenvalue weighted by Gasteiger charge is 2.05. The Kier molecular flexibility index (Phi) is 3.23. The molecule has 2 heteroatoms. The van der Waals surface area contributed by atoms with Crippen LogP contribution >= 0.6 is 0 Å². The predicted octanol–water partition coefficient (Wildman–Crippen LogP) is 3.56. The zero-order valence-corrected chi connectivity index (χ0v) is 10.9. The predicted molar refractivity (Wildman–Crippen MR) is 80.0 cm³/mol. The minimum Gasteiger partial charge on any atom is -0.321 e. The third-order valence-corrected chi connectivity index (χ3v) is 3.17. The van der Waals surface area contributed by atoms with Gasteiger partial charge in [-0.15, -0.1) is 0 Å². The molecule has 2 nitrogen and oxygen atoms in total. The van der Waals surface area contributed by atoms with E-state index in [2.05, 4.69) is 17.9 Å². The molecular weight excluding hydrogens is 244 g/mol. The van der Waals surface area contributed by atoms with Crippen molar-refractivity contribution in [1.82, 2.24) is 4.57 Å². The van der Waals surface area contributed by atoms with Gasteiger partial charge in [-0.3, -0.25) is 0 Å². The summed E-state index contributed by atoms with van der Waals surface area (Å²) in [6, 6.07) is 22.0. The molecule has 0 aliphatic heterocycles. The van der Waals surface area contributed by atoms with Crippen LogP contribution in [0.25, 0.3) is 10.9 Å². The van der Waals surface area contributed by atoms with Gasteiger partial charge in [0.1, 0.15) is 11.8 Å². The summed E-state index contributed by atoms with van der Waals surface area (Å²) in [5, 5.41) is 10.3. The Balaban J connectivity index is 1.96. The largest absolute Gasteiger partial charge is 0.321 e. The van der Waals surface area contributed by atoms with E-state index in [4.69, 9.17) is 0 Å². The van der Waals surface area contributed by atoms with Crippen molar-refractivity contribution in [2.45, 2.75) is 6.54 Å². The normalized spacial score (nSPS) is 9.75. The van der Waals surface area contributed by atoms with Crippen LogP contribution in [-0.2, 0) is 6.54 Å². The van der Waals surface area contributed by atoms with Crippen LogP contribution in [0.15, 0.2) is 60.7 Å². The molecule has 0 bridgehead atoms. The van der Waals surface area contributed by atoms with Crippen molar-refractivity contribution in [2.75, 3.05) is 0 Å². The van der Waals surface area contributed by atoms with Gasteiger partial charge in [0.05, 0.1) is 6.54 Å². The van der Waals surface area contributed by atoms with Gasteiger partial charge >= 0.3 is 0 Å². The van der Waals surface area contributed by atoms with E-state index in [-0.39, 0.29) is 0 Å². The molecule has 3 rings (SSSR count). The number of rotatable bonds is 1. The first-order valence-electron chi connectivity index (χ1n) is 6.41. The van der Waals surface area contributed by atoms with Crippen molar-refractivity contribution in [3.05, 3.63) is 71.9 Å². The Bertz CT molecular complexity index is 840. The lowest BCUT2D eigenvalue weighted by Crippen LogP contribution is -1.98. The topological polar surface area (TPSA) is 28.7 Å². The maximum Gasteiger partial charge on any atom is 0.122 e. The summed E-state index contributed by atoms with van der Waals surface area (Å²) in [4.78, 5) is 0. The third-order valence-electron chi connectivity index (χ3n) is 3.17. The fourth-order valence-corrected chi connectivity index (χ4v) is 2.22. The average Bonchev–Trinajstić information content (AvgIpc) is 2.87. The van der Waals surface area contributed by atoms with Crippen LogP contribution in [0.4, 0.5) is 0 Å². The first-order valence-corrected chi connectivity index (χ1v) is 6.41. The summed E-state index contributed by atoms with van der Waals surface area (Å²) >= 11 is 0. The smallest absolute Gasteiger partial charge is 0.122 e. The molecule has 2 aromatic carbocycles. The van der Waals surface area contributed by atoms with Crippen molar-refractivity contribution in [3.63, 3.8) is 0 Å². The minimum atomic E-state index is 0.519. The first-order chi connectivity index (χ1) is 9.88. The Labute approximate surface area is 117 Å². The van der Waals surface area contributed by atoms with Gasteiger partial charge in [-0.1, -0.05) is 48.2 Å². The summed E-state index contributed by atoms with van der Waals surface area (Å²) in [6.45, 7) is 0.519. The molecule has 0 saturated carbocycles. The summed E-state index contributed by atoms with van der Waals surface area (Å²) in [6.07, 6.45) is 0. The van der Waals surface area contributed by atoms with Crippen LogP contribution < -0.4 is 0 Å². The van der Waals surface area contributed by atoms with Crippen molar-refractivity contribution in [3.8, 4) is 17.9 Å². The zero-order valence-electron chi connectivity index (χ0n) is 10.9. The average molecular weight is 256 g/mol. The number of nitriles is 1. The van der Waals surface area contributed by atoms with Gasteiger partial charge in [0.2, 0.25) is 0 Å². The van der Waals surface area contributed by atoms with Gasteiger partial charge in [-0.25, -0.2) is 0 Å². The number of hydrogen-bond donors (Lipinski definition) is 0. The van der Waals surface area contributed by atoms with Crippen LogP contribution in [0.2, 0.25) is 0 Å². The molecule has 0 saturated heterocycles. The molecule has 20 heavy (non-hydrogen) atoms. The molecule has 1 heterocycles. The number of aromatic nitrogens is 1. The van der Waals surface area contributed by atoms with Gasteiger partial charge in [0, 0.05) is 16.5 Å². The third kappa shape index (κ3) is 2.28. The lowest BCUT2D eigenvalue weighted by molar-refractivity contribution is 0.869. The SMILES string of the molecule is N#Cc1cc2ccccc2n1CC#Cc1ccccc1. The van der Waals surface area contributed by atoms with Crippen LogP contribution in [0, 0.1) is 23.2 Å². The fraction of sp³-hybridized carbons (Fsp3) is 0.0556. The first kappa shape index (κ1) is 12.1. The fourth-order valence-electron chi connectivity index (χ4n) is 2.22. The molecule has 0 amide bonds. The Hall–Kier alpha value is -2.97. The molecule has 0 unspecified atom stereocenters. The van der Waals surface area contributed by atoms with E-state index in [9.17, 15) is 5.26 Å². The highest BCUT2D eigenvalue weighted by molar-refractivity contribution is 5.82. The lowest BCUT2D eigenvalue weighted by atomic mass is 10.2. The van der Waals surface area contributed by atoms with E-state index in [0.717, 1.165) is 16.5 Å². The molecular formula is C18H12N2. The van der Waals surface area contributed by atoms with Crippen LogP contribution in [0.5, 0.6) is 0 Å². The Morgan fingerprint density at radius 3 is 2.50 bits per heavy atom. The molecule has 0 atom stereocenters. The van der Waals surface area contributed by atoms with E-state index >= 15 is 0 Å². The molecule has 1 aromatic heterocycles. The molecule has 0 aliphatic rings. The van der Waals surface area contributed by atoms with E-state index in [0.29, 0.717) is 12.2 Å². The van der Waals surface area contributed by atoms with E-state index < -0.39 is 0 Å². The minimum absolute atomic E-state index is 0.519. The maximum absolute atomic E-state index is 9.22. The van der Waals surface area contributed by atoms with Crippen molar-refractivity contribution in [2.24, 2.45) is 0 Å². The second-order valence-corrected chi connectivity index (χ2v) is 4.45. The lowest BCUT2D eigenvalue weighted by Gasteiger charge is -2.01. The molecule has 94 valence electrons. The summed E-state index contributed by atoms with van der Waals surface area (Å²) in [5.41, 5.74) is 2.68. The van der Waals surface area contributed by atoms with Crippen LogP contribution in [0.1, 0.15) is 11.3 Å². The second-order valence-electron chi connectivity index (χ2n) is 4.45. The van der Waals surface area contributed by atoms with Crippen LogP contribution in [-0.4, -0.2) is 4.57 Å². The Morgan fingerprint density at radius 1 is 0.950 bits per heavy atom. The van der Waals surface area contributed by atoms with Gasteiger partial charge in [-0.05, 0) is 24.3 Å². The molecule has 3 aromatic rings. The van der Waals surface area contributed by atoms with Crippen LogP contribution in [0.3, 0.4) is 0 Å². The van der Waals surface area contributed by atoms with Gasteiger partial charge in [0.25, 0.3) is 0 Å². The number of benzene rings is 2. The molecule has 0 radical (unpaired) electrons. The van der Waals surface area contributed by atoms with E-state index in [1.54, 1.807) is 0 Å². The Morgan fingerprint density at radius 2 is 1.70 bits per heavy atom. The highest BCUT2D eigenvalue weighted by atomic mass is 15.0. The summed E-state index contributed by atoms with van der Waals surface area (Å²) in [5.74, 6) is 6.25. The monoisotopic (exact) mass is 256 g/mol. The maximum atomic E-state index is 9.22. The molecule has 0 aliphatic carbocycles. The number of fused-ring (bicyclic) bond motifs is 1. The van der Waals surface area contributed by atoms with E-state index in [1.165, 1.54) is 0 Å². The summed E-state index contributed by atoms with van der Waals surface area (Å²) in [7, 11) is 0. The number of hydrogen-bond acceptors (Lipinski definition) is 1. The molecule has 0 N–H and O–H groups in total. The second kappa shape index (κ2) is 5.34. The van der Waals surface area contributed by atoms with Gasteiger partial charge in [0.15, 0.2) is 0 Å². The van der Waals surface area contributed by atoms with Gasteiger partial charge < -0.3 is 4.57 Å². The summed E-state index contributed by atoms with van der Waals surface area (Å²) < 4.78 is 1.95. The molecule has 0 spiro atoms. The van der Waals surface area contributed by atoms with E-state index in [1.807, 2.05) is 65.2 Å². The van der Waals surface area contributed by atoms with Crippen molar-refractivity contribution >= 4 is 10.9 Å². The van der Waals surface area contributed by atoms with Crippen molar-refractivity contribution in [1.29, 1.82) is 5.26 Å². The van der Waals surface area contributed by atoms with Crippen molar-refractivity contribution < 1.29 is 0 Å². The number of para-hydroxylation sites is 1. The standard InChI is InChI=1S/C18H12N2/c19-14-17-13-16-10-4-5-11-18(16)20(17)12-6-9-15-7-2-1-3-8-15/h1-5,7-8,10-11,13H,12H2.